The van der Waals surface area contributed by atoms with Crippen molar-refractivity contribution in [2.24, 2.45) is 0 Å². The quantitative estimate of drug-likeness (QED) is 0.828. The molecule has 0 radical (unpaired) electrons. The average molecular weight is 339 g/mol. The van der Waals surface area contributed by atoms with Crippen LogP contribution in [0.2, 0.25) is 0 Å². The van der Waals surface area contributed by atoms with Gasteiger partial charge in [0.15, 0.2) is 0 Å². The highest BCUT2D eigenvalue weighted by atomic mass is 79.9. The normalized spacial score (nSPS) is 14.3. The summed E-state index contributed by atoms with van der Waals surface area (Å²) in [4.78, 5) is 5.66. The van der Waals surface area contributed by atoms with Gasteiger partial charge in [0.1, 0.15) is 0 Å². The molecular formula is C15H19BrN2S. The van der Waals surface area contributed by atoms with Gasteiger partial charge >= 0.3 is 0 Å². The smallest absolute Gasteiger partial charge is 0.0798 e. The van der Waals surface area contributed by atoms with Crippen molar-refractivity contribution in [1.82, 2.24) is 10.3 Å². The van der Waals surface area contributed by atoms with Gasteiger partial charge in [0.2, 0.25) is 0 Å². The largest absolute Gasteiger partial charge is 0.303 e. The van der Waals surface area contributed by atoms with Crippen LogP contribution in [0, 0.1) is 6.92 Å². The third-order valence-electron chi connectivity index (χ3n) is 3.31. The number of nitrogens with zero attached hydrogens (tertiary/aromatic N) is 1. The van der Waals surface area contributed by atoms with Gasteiger partial charge in [-0.05, 0) is 38.0 Å². The standard InChI is InChI=1S/C15H19BrN2S/c1-4-14(12-5-7-13(16)8-6-12)18-11(3)15-10(2)17-9-19-15/h5-9,11,14,18H,4H2,1-3H3. The van der Waals surface area contributed by atoms with Crippen LogP contribution >= 0.6 is 27.3 Å². The summed E-state index contributed by atoms with van der Waals surface area (Å²) in [5.41, 5.74) is 4.39. The predicted molar refractivity (Wildman–Crippen MR) is 85.6 cm³/mol. The Morgan fingerprint density at radius 3 is 2.53 bits per heavy atom. The molecule has 4 heteroatoms. The molecule has 2 rings (SSSR count). The van der Waals surface area contributed by atoms with Crippen LogP contribution in [0.3, 0.4) is 0 Å². The summed E-state index contributed by atoms with van der Waals surface area (Å²) >= 11 is 5.21. The van der Waals surface area contributed by atoms with Crippen molar-refractivity contribution in [2.45, 2.75) is 39.3 Å². The van der Waals surface area contributed by atoms with E-state index in [1.165, 1.54) is 10.4 Å². The number of thiazole rings is 1. The Morgan fingerprint density at radius 2 is 2.00 bits per heavy atom. The summed E-state index contributed by atoms with van der Waals surface area (Å²) < 4.78 is 1.12. The minimum atomic E-state index is 0.334. The van der Waals surface area contributed by atoms with E-state index in [1.54, 1.807) is 11.3 Å². The summed E-state index contributed by atoms with van der Waals surface area (Å²) in [5.74, 6) is 0. The minimum absolute atomic E-state index is 0.334. The topological polar surface area (TPSA) is 24.9 Å². The van der Waals surface area contributed by atoms with Crippen LogP contribution in [0.15, 0.2) is 34.2 Å². The molecule has 2 atom stereocenters. The summed E-state index contributed by atoms with van der Waals surface area (Å²) in [5, 5.41) is 3.70. The van der Waals surface area contributed by atoms with Gasteiger partial charge in [0.25, 0.3) is 0 Å². The molecule has 0 spiro atoms. The van der Waals surface area contributed by atoms with Crippen molar-refractivity contribution in [3.05, 3.63) is 50.4 Å². The van der Waals surface area contributed by atoms with Crippen LogP contribution in [0.25, 0.3) is 0 Å². The van der Waals surface area contributed by atoms with Gasteiger partial charge in [-0.2, -0.15) is 0 Å². The molecule has 2 unspecified atom stereocenters. The van der Waals surface area contributed by atoms with Crippen LogP contribution in [0.4, 0.5) is 0 Å². The van der Waals surface area contributed by atoms with E-state index in [-0.39, 0.29) is 0 Å². The van der Waals surface area contributed by atoms with E-state index >= 15 is 0 Å². The van der Waals surface area contributed by atoms with Gasteiger partial charge in [-0.15, -0.1) is 11.3 Å². The first kappa shape index (κ1) is 14.7. The molecule has 0 aliphatic rings. The fraction of sp³-hybridized carbons (Fsp3) is 0.400. The van der Waals surface area contributed by atoms with Crippen LogP contribution in [-0.4, -0.2) is 4.98 Å². The molecule has 2 nitrogen and oxygen atoms in total. The maximum absolute atomic E-state index is 4.33. The molecule has 1 heterocycles. The highest BCUT2D eigenvalue weighted by molar-refractivity contribution is 9.10. The third kappa shape index (κ3) is 3.65. The molecule has 0 amide bonds. The SMILES string of the molecule is CCC(NC(C)c1scnc1C)c1ccc(Br)cc1. The fourth-order valence-corrected chi connectivity index (χ4v) is 3.33. The maximum atomic E-state index is 4.33. The van der Waals surface area contributed by atoms with Crippen molar-refractivity contribution >= 4 is 27.3 Å². The van der Waals surface area contributed by atoms with Crippen LogP contribution < -0.4 is 5.32 Å². The molecule has 19 heavy (non-hydrogen) atoms. The van der Waals surface area contributed by atoms with Crippen LogP contribution in [0.5, 0.6) is 0 Å². The molecule has 0 aliphatic heterocycles. The predicted octanol–water partition coefficient (Wildman–Crippen LogP) is 5.02. The monoisotopic (exact) mass is 338 g/mol. The molecule has 0 aliphatic carbocycles. The first-order chi connectivity index (χ1) is 9.11. The average Bonchev–Trinajstić information content (AvgIpc) is 2.83. The highest BCUT2D eigenvalue weighted by Gasteiger charge is 2.16. The van der Waals surface area contributed by atoms with Crippen molar-refractivity contribution in [2.75, 3.05) is 0 Å². The molecule has 1 N–H and O–H groups in total. The van der Waals surface area contributed by atoms with E-state index in [2.05, 4.69) is 71.3 Å². The zero-order chi connectivity index (χ0) is 13.8. The molecular weight excluding hydrogens is 320 g/mol. The lowest BCUT2D eigenvalue weighted by Crippen LogP contribution is -2.24. The first-order valence-corrected chi connectivity index (χ1v) is 8.20. The Morgan fingerprint density at radius 1 is 1.32 bits per heavy atom. The Bertz CT molecular complexity index is 521. The summed E-state index contributed by atoms with van der Waals surface area (Å²) in [6.45, 7) is 6.50. The van der Waals surface area contributed by atoms with Gasteiger partial charge in [-0.1, -0.05) is 35.0 Å². The molecule has 0 saturated carbocycles. The lowest BCUT2D eigenvalue weighted by molar-refractivity contribution is 0.459. The van der Waals surface area contributed by atoms with E-state index in [0.29, 0.717) is 12.1 Å². The molecule has 1 aromatic heterocycles. The van der Waals surface area contributed by atoms with Gasteiger partial charge in [0.05, 0.1) is 11.2 Å². The molecule has 0 bridgehead atoms. The second-order valence-electron chi connectivity index (χ2n) is 4.70. The van der Waals surface area contributed by atoms with Crippen molar-refractivity contribution in [1.29, 1.82) is 0 Å². The third-order valence-corrected chi connectivity index (χ3v) is 4.95. The minimum Gasteiger partial charge on any atom is -0.303 e. The number of halogens is 1. The number of hydrogen-bond acceptors (Lipinski definition) is 3. The summed E-state index contributed by atoms with van der Waals surface area (Å²) in [7, 11) is 0. The van der Waals surface area contributed by atoms with E-state index in [4.69, 9.17) is 0 Å². The molecule has 2 aromatic rings. The fourth-order valence-electron chi connectivity index (χ4n) is 2.25. The first-order valence-electron chi connectivity index (χ1n) is 6.53. The lowest BCUT2D eigenvalue weighted by atomic mass is 10.0. The molecule has 0 fully saturated rings. The van der Waals surface area contributed by atoms with Crippen LogP contribution in [0.1, 0.15) is 48.5 Å². The van der Waals surface area contributed by atoms with Gasteiger partial charge in [0, 0.05) is 21.4 Å². The number of hydrogen-bond donors (Lipinski definition) is 1. The second-order valence-corrected chi connectivity index (χ2v) is 6.50. The second kappa shape index (κ2) is 6.64. The van der Waals surface area contributed by atoms with Crippen LogP contribution in [-0.2, 0) is 0 Å². The number of rotatable bonds is 5. The summed E-state index contributed by atoms with van der Waals surface area (Å²) in [6, 6.07) is 9.27. The lowest BCUT2D eigenvalue weighted by Gasteiger charge is -2.22. The van der Waals surface area contributed by atoms with Crippen molar-refractivity contribution in [3.63, 3.8) is 0 Å². The number of benzene rings is 1. The highest BCUT2D eigenvalue weighted by Crippen LogP contribution is 2.26. The van der Waals surface area contributed by atoms with Gasteiger partial charge in [-0.25, -0.2) is 4.98 Å². The molecule has 0 saturated heterocycles. The number of nitrogens with one attached hydrogen (secondary N) is 1. The Labute approximate surface area is 127 Å². The van der Waals surface area contributed by atoms with Gasteiger partial charge < -0.3 is 5.32 Å². The summed E-state index contributed by atoms with van der Waals surface area (Å²) in [6.07, 6.45) is 1.07. The maximum Gasteiger partial charge on any atom is 0.0798 e. The van der Waals surface area contributed by atoms with E-state index < -0.39 is 0 Å². The van der Waals surface area contributed by atoms with Crippen molar-refractivity contribution in [3.8, 4) is 0 Å². The van der Waals surface area contributed by atoms with E-state index in [0.717, 1.165) is 16.6 Å². The zero-order valence-electron chi connectivity index (χ0n) is 11.5. The van der Waals surface area contributed by atoms with Crippen molar-refractivity contribution < 1.29 is 0 Å². The number of aromatic nitrogens is 1. The number of aryl methyl sites for hydroxylation is 1. The Hall–Kier alpha value is -0.710. The van der Waals surface area contributed by atoms with Gasteiger partial charge in [-0.3, -0.25) is 0 Å². The Kier molecular flexibility index (Phi) is 5.13. The van der Waals surface area contributed by atoms with E-state index in [1.807, 2.05) is 5.51 Å². The van der Waals surface area contributed by atoms with E-state index in [9.17, 15) is 0 Å². The molecule has 1 aromatic carbocycles. The Balaban J connectivity index is 2.11. The molecule has 102 valence electrons. The zero-order valence-corrected chi connectivity index (χ0v) is 13.9.